The van der Waals surface area contributed by atoms with Gasteiger partial charge in [0.1, 0.15) is 18.0 Å². The fraction of sp³-hybridized carbons (Fsp3) is 0.467. The summed E-state index contributed by atoms with van der Waals surface area (Å²) in [6, 6.07) is 4.51. The van der Waals surface area contributed by atoms with E-state index in [1.807, 2.05) is 0 Å². The standard InChI is InChI=1S/C15H17F3O5/c1-3-23-13(20)8-11(19)9-14(21,15(16,17)18)10-4-6-12(22-2)7-5-10/h4-7,21H,3,8-9H2,1-2H3/t14-/m0/s1. The molecule has 8 heteroatoms. The van der Waals surface area contributed by atoms with Gasteiger partial charge in [0.25, 0.3) is 0 Å². The maximum Gasteiger partial charge on any atom is 0.421 e. The lowest BCUT2D eigenvalue weighted by molar-refractivity contribution is -0.267. The molecule has 0 unspecified atom stereocenters. The highest BCUT2D eigenvalue weighted by Gasteiger charge is 2.55. The number of benzene rings is 1. The van der Waals surface area contributed by atoms with E-state index in [9.17, 15) is 27.9 Å². The smallest absolute Gasteiger partial charge is 0.421 e. The molecule has 0 saturated carbocycles. The monoisotopic (exact) mass is 334 g/mol. The van der Waals surface area contributed by atoms with Crippen molar-refractivity contribution >= 4 is 11.8 Å². The second-order valence-electron chi connectivity index (χ2n) is 4.78. The Balaban J connectivity index is 3.03. The van der Waals surface area contributed by atoms with Gasteiger partial charge in [0, 0.05) is 6.42 Å². The van der Waals surface area contributed by atoms with Crippen LogP contribution in [0.3, 0.4) is 0 Å². The first-order valence-corrected chi connectivity index (χ1v) is 6.75. The van der Waals surface area contributed by atoms with Gasteiger partial charge in [-0.15, -0.1) is 0 Å². The fourth-order valence-electron chi connectivity index (χ4n) is 1.95. The molecule has 0 bridgehead atoms. The van der Waals surface area contributed by atoms with Gasteiger partial charge in [-0.05, 0) is 24.6 Å². The average molecular weight is 334 g/mol. The molecule has 23 heavy (non-hydrogen) atoms. The molecule has 0 aliphatic heterocycles. The molecule has 0 aliphatic carbocycles. The Bertz CT molecular complexity index is 553. The third kappa shape index (κ3) is 4.69. The number of halogens is 3. The number of carbonyl (C=O) groups excluding carboxylic acids is 2. The number of esters is 1. The molecule has 1 rings (SSSR count). The highest BCUT2D eigenvalue weighted by Crippen LogP contribution is 2.42. The summed E-state index contributed by atoms with van der Waals surface area (Å²) >= 11 is 0. The van der Waals surface area contributed by atoms with E-state index in [0.717, 1.165) is 12.1 Å². The zero-order chi connectivity index (χ0) is 17.7. The van der Waals surface area contributed by atoms with Crippen molar-refractivity contribution < 1.29 is 37.3 Å². The number of ketones is 1. The minimum Gasteiger partial charge on any atom is -0.497 e. The van der Waals surface area contributed by atoms with Crippen molar-refractivity contribution in [2.75, 3.05) is 13.7 Å². The van der Waals surface area contributed by atoms with Crippen LogP contribution in [0.4, 0.5) is 13.2 Å². The van der Waals surface area contributed by atoms with Crippen LogP contribution in [0.2, 0.25) is 0 Å². The second kappa shape index (κ2) is 7.45. The van der Waals surface area contributed by atoms with E-state index in [-0.39, 0.29) is 6.61 Å². The largest absolute Gasteiger partial charge is 0.497 e. The van der Waals surface area contributed by atoms with Gasteiger partial charge in [-0.3, -0.25) is 9.59 Å². The van der Waals surface area contributed by atoms with Crippen molar-refractivity contribution in [1.82, 2.24) is 0 Å². The van der Waals surface area contributed by atoms with Gasteiger partial charge in [-0.25, -0.2) is 0 Å². The predicted molar refractivity (Wildman–Crippen MR) is 73.8 cm³/mol. The Labute approximate surface area is 131 Å². The summed E-state index contributed by atoms with van der Waals surface area (Å²) in [5.74, 6) is -1.70. The van der Waals surface area contributed by atoms with Crippen LogP contribution < -0.4 is 4.74 Å². The normalized spacial score (nSPS) is 14.0. The van der Waals surface area contributed by atoms with Crippen LogP contribution in [-0.4, -0.2) is 36.8 Å². The Morgan fingerprint density at radius 1 is 1.17 bits per heavy atom. The maximum atomic E-state index is 13.3. The summed E-state index contributed by atoms with van der Waals surface area (Å²) in [5.41, 5.74) is -3.90. The highest BCUT2D eigenvalue weighted by atomic mass is 19.4. The lowest BCUT2D eigenvalue weighted by atomic mass is 9.87. The molecule has 1 N–H and O–H groups in total. The Hall–Kier alpha value is -2.09. The molecule has 0 spiro atoms. The van der Waals surface area contributed by atoms with E-state index in [1.165, 1.54) is 26.2 Å². The zero-order valence-corrected chi connectivity index (χ0v) is 12.6. The highest BCUT2D eigenvalue weighted by molar-refractivity contribution is 5.96. The summed E-state index contributed by atoms with van der Waals surface area (Å²) < 4.78 is 49.2. The zero-order valence-electron chi connectivity index (χ0n) is 12.6. The van der Waals surface area contributed by atoms with Crippen LogP contribution in [0.15, 0.2) is 24.3 Å². The van der Waals surface area contributed by atoms with Crippen molar-refractivity contribution in [3.05, 3.63) is 29.8 Å². The van der Waals surface area contributed by atoms with Gasteiger partial charge in [-0.1, -0.05) is 12.1 Å². The van der Waals surface area contributed by atoms with Gasteiger partial charge >= 0.3 is 12.1 Å². The maximum absolute atomic E-state index is 13.3. The molecule has 1 atom stereocenters. The molecule has 0 heterocycles. The topological polar surface area (TPSA) is 72.8 Å². The van der Waals surface area contributed by atoms with Crippen LogP contribution in [0, 0.1) is 0 Å². The van der Waals surface area contributed by atoms with Crippen molar-refractivity contribution in [3.63, 3.8) is 0 Å². The summed E-state index contributed by atoms with van der Waals surface area (Å²) in [5, 5.41) is 10.1. The molecule has 128 valence electrons. The molecule has 0 aliphatic rings. The Kier molecular flexibility index (Phi) is 6.14. The van der Waals surface area contributed by atoms with E-state index in [1.54, 1.807) is 0 Å². The number of hydrogen-bond acceptors (Lipinski definition) is 5. The summed E-state index contributed by atoms with van der Waals surface area (Å²) in [7, 11) is 1.34. The number of alkyl halides is 3. The van der Waals surface area contributed by atoms with Gasteiger partial charge in [-0.2, -0.15) is 13.2 Å². The molecule has 5 nitrogen and oxygen atoms in total. The van der Waals surface area contributed by atoms with E-state index in [0.29, 0.717) is 5.75 Å². The van der Waals surface area contributed by atoms with Gasteiger partial charge in [0.2, 0.25) is 0 Å². The first-order chi connectivity index (χ1) is 10.6. The molecule has 0 saturated heterocycles. The first-order valence-electron chi connectivity index (χ1n) is 6.75. The van der Waals surface area contributed by atoms with Gasteiger partial charge in [0.15, 0.2) is 5.60 Å². The average Bonchev–Trinajstić information content (AvgIpc) is 2.46. The van der Waals surface area contributed by atoms with Crippen molar-refractivity contribution in [1.29, 1.82) is 0 Å². The lowest BCUT2D eigenvalue weighted by Crippen LogP contribution is -2.44. The summed E-state index contributed by atoms with van der Waals surface area (Å²) in [6.07, 6.45) is -7.20. The minimum absolute atomic E-state index is 0.00807. The van der Waals surface area contributed by atoms with E-state index in [4.69, 9.17) is 4.74 Å². The fourth-order valence-corrected chi connectivity index (χ4v) is 1.95. The number of Topliss-reactive ketones (excluding diaryl/α,β-unsaturated/α-hetero) is 1. The quantitative estimate of drug-likeness (QED) is 0.612. The number of ether oxygens (including phenoxy) is 2. The molecule has 1 aromatic carbocycles. The number of rotatable bonds is 7. The van der Waals surface area contributed by atoms with Crippen LogP contribution in [0.5, 0.6) is 5.75 Å². The van der Waals surface area contributed by atoms with Gasteiger partial charge < -0.3 is 14.6 Å². The third-order valence-corrected chi connectivity index (χ3v) is 3.14. The van der Waals surface area contributed by atoms with E-state index < -0.39 is 41.9 Å². The Morgan fingerprint density at radius 3 is 2.17 bits per heavy atom. The second-order valence-corrected chi connectivity index (χ2v) is 4.78. The number of methoxy groups -OCH3 is 1. The summed E-state index contributed by atoms with van der Waals surface area (Å²) in [4.78, 5) is 22.9. The number of aliphatic hydroxyl groups is 1. The lowest BCUT2D eigenvalue weighted by Gasteiger charge is -2.30. The number of carbonyl (C=O) groups is 2. The van der Waals surface area contributed by atoms with Crippen molar-refractivity contribution in [3.8, 4) is 5.75 Å². The first kappa shape index (κ1) is 19.0. The van der Waals surface area contributed by atoms with Crippen LogP contribution >= 0.6 is 0 Å². The molecule has 0 radical (unpaired) electrons. The minimum atomic E-state index is -5.09. The Morgan fingerprint density at radius 2 is 1.74 bits per heavy atom. The van der Waals surface area contributed by atoms with E-state index >= 15 is 0 Å². The van der Waals surface area contributed by atoms with Gasteiger partial charge in [0.05, 0.1) is 13.7 Å². The molecule has 0 amide bonds. The third-order valence-electron chi connectivity index (χ3n) is 3.14. The molecule has 0 aromatic heterocycles. The predicted octanol–water partition coefficient (Wildman–Crippen LogP) is 2.36. The molecule has 1 aromatic rings. The molecular formula is C15H17F3O5. The van der Waals surface area contributed by atoms with Crippen LogP contribution in [0.1, 0.15) is 25.3 Å². The van der Waals surface area contributed by atoms with Crippen LogP contribution in [0.25, 0.3) is 0 Å². The van der Waals surface area contributed by atoms with E-state index in [2.05, 4.69) is 4.74 Å². The van der Waals surface area contributed by atoms with Crippen LogP contribution in [-0.2, 0) is 19.9 Å². The number of hydrogen-bond donors (Lipinski definition) is 1. The molecule has 0 fully saturated rings. The van der Waals surface area contributed by atoms with Crippen molar-refractivity contribution in [2.24, 2.45) is 0 Å². The summed E-state index contributed by atoms with van der Waals surface area (Å²) in [6.45, 7) is 1.51. The van der Waals surface area contributed by atoms with Crippen molar-refractivity contribution in [2.45, 2.75) is 31.5 Å². The molecular weight excluding hydrogens is 317 g/mol. The SMILES string of the molecule is CCOC(=O)CC(=O)C[C@](O)(c1ccc(OC)cc1)C(F)(F)F.